The second kappa shape index (κ2) is 7.08. The maximum atomic E-state index is 10.9. The van der Waals surface area contributed by atoms with Crippen molar-refractivity contribution in [1.29, 1.82) is 0 Å². The van der Waals surface area contributed by atoms with Gasteiger partial charge in [0.25, 0.3) is 0 Å². The van der Waals surface area contributed by atoms with Crippen LogP contribution in [0.1, 0.15) is 11.1 Å². The van der Waals surface area contributed by atoms with Crippen LogP contribution in [0.4, 0.5) is 0 Å². The van der Waals surface area contributed by atoms with Crippen molar-refractivity contribution >= 4 is 18.4 Å². The van der Waals surface area contributed by atoms with Crippen LogP contribution in [-0.2, 0) is 11.2 Å². The molecule has 4 heteroatoms. The van der Waals surface area contributed by atoms with E-state index in [4.69, 9.17) is 10.8 Å². The maximum absolute atomic E-state index is 10.9. The average Bonchev–Trinajstić information content (AvgIpc) is 2.39. The first kappa shape index (κ1) is 16.2. The number of carbonyl (C=O) groups is 1. The van der Waals surface area contributed by atoms with Crippen LogP contribution in [0, 0.1) is 6.92 Å². The standard InChI is InChI=1S/C16H17NO2.ClH/c1-11-7-8-14(12-5-3-2-4-6-12)13(9-11)10-15(17)16(18)19;/h2-9,15H,10,17H2,1H3,(H,18,19);1H/t15-;/m0./s1. The van der Waals surface area contributed by atoms with Crippen molar-refractivity contribution in [3.63, 3.8) is 0 Å². The fourth-order valence-electron chi connectivity index (χ4n) is 2.11. The van der Waals surface area contributed by atoms with Gasteiger partial charge in [-0.25, -0.2) is 0 Å². The average molecular weight is 292 g/mol. The van der Waals surface area contributed by atoms with E-state index in [1.165, 1.54) is 0 Å². The molecule has 0 aliphatic heterocycles. The molecule has 3 nitrogen and oxygen atoms in total. The van der Waals surface area contributed by atoms with E-state index in [9.17, 15) is 4.79 Å². The molecule has 0 fully saturated rings. The number of hydrogen-bond donors (Lipinski definition) is 2. The Morgan fingerprint density at radius 3 is 2.45 bits per heavy atom. The monoisotopic (exact) mass is 291 g/mol. The molecule has 0 radical (unpaired) electrons. The molecule has 0 bridgehead atoms. The smallest absolute Gasteiger partial charge is 0.320 e. The lowest BCUT2D eigenvalue weighted by molar-refractivity contribution is -0.138. The molecule has 0 saturated heterocycles. The van der Waals surface area contributed by atoms with E-state index < -0.39 is 12.0 Å². The molecule has 106 valence electrons. The number of carboxylic acids is 1. The molecule has 20 heavy (non-hydrogen) atoms. The zero-order valence-electron chi connectivity index (χ0n) is 11.2. The van der Waals surface area contributed by atoms with E-state index in [1.807, 2.05) is 55.5 Å². The Hall–Kier alpha value is -1.84. The zero-order chi connectivity index (χ0) is 13.8. The van der Waals surface area contributed by atoms with Gasteiger partial charge < -0.3 is 10.8 Å². The predicted molar refractivity (Wildman–Crippen MR) is 83.2 cm³/mol. The summed E-state index contributed by atoms with van der Waals surface area (Å²) >= 11 is 0. The number of carboxylic acid groups (broad SMARTS) is 1. The van der Waals surface area contributed by atoms with Crippen molar-refractivity contribution in [3.05, 3.63) is 59.7 Å². The van der Waals surface area contributed by atoms with Gasteiger partial charge in [-0.2, -0.15) is 0 Å². The predicted octanol–water partition coefficient (Wildman–Crippen LogP) is 3.04. The lowest BCUT2D eigenvalue weighted by Crippen LogP contribution is -2.32. The topological polar surface area (TPSA) is 63.3 Å². The number of aliphatic carboxylic acids is 1. The first-order chi connectivity index (χ1) is 9.08. The van der Waals surface area contributed by atoms with Gasteiger partial charge >= 0.3 is 5.97 Å². The second-order valence-electron chi connectivity index (χ2n) is 4.68. The highest BCUT2D eigenvalue weighted by Gasteiger charge is 2.15. The highest BCUT2D eigenvalue weighted by atomic mass is 35.5. The van der Waals surface area contributed by atoms with Crippen molar-refractivity contribution in [2.75, 3.05) is 0 Å². The second-order valence-corrected chi connectivity index (χ2v) is 4.68. The van der Waals surface area contributed by atoms with Crippen LogP contribution in [0.15, 0.2) is 48.5 Å². The van der Waals surface area contributed by atoms with Gasteiger partial charge in [-0.05, 0) is 30.0 Å². The Kier molecular flexibility index (Phi) is 5.74. The van der Waals surface area contributed by atoms with Crippen LogP contribution in [0.3, 0.4) is 0 Å². The van der Waals surface area contributed by atoms with E-state index >= 15 is 0 Å². The molecule has 1 atom stereocenters. The van der Waals surface area contributed by atoms with Gasteiger partial charge in [0.2, 0.25) is 0 Å². The fourth-order valence-corrected chi connectivity index (χ4v) is 2.11. The van der Waals surface area contributed by atoms with Gasteiger partial charge in [0, 0.05) is 0 Å². The van der Waals surface area contributed by atoms with E-state index in [-0.39, 0.29) is 12.4 Å². The van der Waals surface area contributed by atoms with Crippen molar-refractivity contribution < 1.29 is 9.90 Å². The van der Waals surface area contributed by atoms with Gasteiger partial charge in [0.1, 0.15) is 6.04 Å². The van der Waals surface area contributed by atoms with Crippen molar-refractivity contribution in [3.8, 4) is 11.1 Å². The molecular weight excluding hydrogens is 274 g/mol. The molecule has 3 N–H and O–H groups in total. The van der Waals surface area contributed by atoms with Crippen LogP contribution in [0.2, 0.25) is 0 Å². The van der Waals surface area contributed by atoms with E-state index in [2.05, 4.69) is 0 Å². The van der Waals surface area contributed by atoms with Crippen molar-refractivity contribution in [2.24, 2.45) is 5.73 Å². The third kappa shape index (κ3) is 3.83. The molecule has 0 heterocycles. The number of nitrogens with two attached hydrogens (primary N) is 1. The molecule has 0 unspecified atom stereocenters. The Bertz CT molecular complexity index is 584. The summed E-state index contributed by atoms with van der Waals surface area (Å²) in [6.45, 7) is 1.99. The van der Waals surface area contributed by atoms with Gasteiger partial charge in [0.05, 0.1) is 0 Å². The number of benzene rings is 2. The molecule has 0 aliphatic carbocycles. The number of halogens is 1. The van der Waals surface area contributed by atoms with Gasteiger partial charge in [0.15, 0.2) is 0 Å². The Balaban J connectivity index is 0.00000200. The molecule has 0 aliphatic rings. The normalized spacial score (nSPS) is 11.5. The first-order valence-electron chi connectivity index (χ1n) is 6.21. The van der Waals surface area contributed by atoms with E-state index in [0.29, 0.717) is 6.42 Å². The van der Waals surface area contributed by atoms with Gasteiger partial charge in [-0.15, -0.1) is 12.4 Å². The molecule has 2 aromatic carbocycles. The zero-order valence-corrected chi connectivity index (χ0v) is 12.1. The lowest BCUT2D eigenvalue weighted by atomic mass is 9.94. The van der Waals surface area contributed by atoms with Crippen LogP contribution in [0.5, 0.6) is 0 Å². The molecule has 0 spiro atoms. The lowest BCUT2D eigenvalue weighted by Gasteiger charge is -2.13. The summed E-state index contributed by atoms with van der Waals surface area (Å²) in [6.07, 6.45) is 0.335. The van der Waals surface area contributed by atoms with E-state index in [0.717, 1.165) is 22.3 Å². The first-order valence-corrected chi connectivity index (χ1v) is 6.21. The molecule has 0 aromatic heterocycles. The molecular formula is C16H18ClNO2. The number of hydrogen-bond acceptors (Lipinski definition) is 2. The summed E-state index contributed by atoms with van der Waals surface area (Å²) in [4.78, 5) is 10.9. The maximum Gasteiger partial charge on any atom is 0.320 e. The fraction of sp³-hybridized carbons (Fsp3) is 0.188. The molecule has 0 amide bonds. The van der Waals surface area contributed by atoms with E-state index in [1.54, 1.807) is 0 Å². The van der Waals surface area contributed by atoms with Gasteiger partial charge in [-0.3, -0.25) is 4.79 Å². The summed E-state index contributed by atoms with van der Waals surface area (Å²) in [5.41, 5.74) is 9.85. The van der Waals surface area contributed by atoms with Crippen LogP contribution < -0.4 is 5.73 Å². The SMILES string of the molecule is Cc1ccc(-c2ccccc2)c(C[C@H](N)C(=O)O)c1.Cl. The van der Waals surface area contributed by atoms with Crippen LogP contribution >= 0.6 is 12.4 Å². The summed E-state index contributed by atoms with van der Waals surface area (Å²) in [6, 6.07) is 15.1. The van der Waals surface area contributed by atoms with Gasteiger partial charge in [-0.1, -0.05) is 54.1 Å². The minimum atomic E-state index is -0.972. The largest absolute Gasteiger partial charge is 0.480 e. The quantitative estimate of drug-likeness (QED) is 0.910. The summed E-state index contributed by atoms with van der Waals surface area (Å²) in [5.74, 6) is -0.972. The Morgan fingerprint density at radius 2 is 1.85 bits per heavy atom. The van der Waals surface area contributed by atoms with Crippen LogP contribution in [-0.4, -0.2) is 17.1 Å². The van der Waals surface area contributed by atoms with Crippen molar-refractivity contribution in [2.45, 2.75) is 19.4 Å². The van der Waals surface area contributed by atoms with Crippen LogP contribution in [0.25, 0.3) is 11.1 Å². The Labute approximate surface area is 124 Å². The number of aryl methyl sites for hydroxylation is 1. The molecule has 0 saturated carbocycles. The van der Waals surface area contributed by atoms with Crippen molar-refractivity contribution in [1.82, 2.24) is 0 Å². The third-order valence-electron chi connectivity index (χ3n) is 3.10. The minimum Gasteiger partial charge on any atom is -0.480 e. The summed E-state index contributed by atoms with van der Waals surface area (Å²) in [5, 5.41) is 8.95. The highest BCUT2D eigenvalue weighted by molar-refractivity contribution is 5.85. The molecule has 2 aromatic rings. The summed E-state index contributed by atoms with van der Waals surface area (Å²) in [7, 11) is 0. The summed E-state index contributed by atoms with van der Waals surface area (Å²) < 4.78 is 0. The number of rotatable bonds is 4. The Morgan fingerprint density at radius 1 is 1.20 bits per heavy atom. The minimum absolute atomic E-state index is 0. The highest BCUT2D eigenvalue weighted by Crippen LogP contribution is 2.25. The molecule has 2 rings (SSSR count). The third-order valence-corrected chi connectivity index (χ3v) is 3.10.